The normalized spacial score (nSPS) is 24.0. The van der Waals surface area contributed by atoms with Crippen LogP contribution in [0.2, 0.25) is 0 Å². The van der Waals surface area contributed by atoms with Gasteiger partial charge in [0, 0.05) is 69.9 Å². The van der Waals surface area contributed by atoms with E-state index >= 15 is 0 Å². The van der Waals surface area contributed by atoms with Crippen LogP contribution in [0.4, 0.5) is 5.69 Å². The number of carbonyl (C=O) groups is 2. The van der Waals surface area contributed by atoms with Crippen molar-refractivity contribution in [1.82, 2.24) is 14.8 Å². The van der Waals surface area contributed by atoms with Gasteiger partial charge in [-0.05, 0) is 43.7 Å². The number of aromatic nitrogens is 1. The van der Waals surface area contributed by atoms with E-state index in [9.17, 15) is 0 Å². The molecule has 0 unspecified atom stereocenters. The fourth-order valence-corrected chi connectivity index (χ4v) is 4.60. The quantitative estimate of drug-likeness (QED) is 0.742. The molecule has 1 aromatic heterocycles. The van der Waals surface area contributed by atoms with Crippen LogP contribution in [0.15, 0.2) is 18.5 Å². The highest BCUT2D eigenvalue weighted by atomic mass is 16.3. The molecule has 1 saturated carbocycles. The molecule has 3 heterocycles. The summed E-state index contributed by atoms with van der Waals surface area (Å²) in [4.78, 5) is 28.9. The molecule has 0 radical (unpaired) electrons. The third-order valence-corrected chi connectivity index (χ3v) is 5.93. The van der Waals surface area contributed by atoms with Crippen molar-refractivity contribution >= 4 is 18.6 Å². The number of aryl methyl sites for hydroxylation is 1. The van der Waals surface area contributed by atoms with Gasteiger partial charge in [-0.1, -0.05) is 0 Å². The van der Waals surface area contributed by atoms with Gasteiger partial charge >= 0.3 is 0 Å². The fourth-order valence-electron chi connectivity index (χ4n) is 4.60. The summed E-state index contributed by atoms with van der Waals surface area (Å²) < 4.78 is 0. The average Bonchev–Trinajstić information content (AvgIpc) is 3.32. The van der Waals surface area contributed by atoms with Gasteiger partial charge in [-0.3, -0.25) is 24.4 Å². The van der Waals surface area contributed by atoms with Crippen LogP contribution >= 0.6 is 0 Å². The molecule has 4 rings (SSSR count). The fraction of sp³-hybridized carbons (Fsp3) is 0.650. The standard InChI is InChI=1S/C18H28N4.2CH2O2/c1-15-13-19-5-4-18(15)21-9-6-20(7-10-21)8-11-22-14-16-2-3-17(22)12-16;2*2-1-3/h4-5,13,16-17H,2-3,6-12,14H2,1H3;2*1H,(H,2,3)/t16-,17+;;/m0../s1. The Bertz CT molecular complexity index is 602. The van der Waals surface area contributed by atoms with E-state index in [-0.39, 0.29) is 12.9 Å². The number of anilines is 1. The van der Waals surface area contributed by atoms with Crippen LogP contribution < -0.4 is 4.90 Å². The molecule has 0 aromatic carbocycles. The first-order chi connectivity index (χ1) is 13.6. The molecule has 1 aliphatic carbocycles. The van der Waals surface area contributed by atoms with Crippen LogP contribution in [0.1, 0.15) is 24.8 Å². The molecule has 3 aliphatic rings. The van der Waals surface area contributed by atoms with Crippen LogP contribution in [-0.2, 0) is 9.59 Å². The van der Waals surface area contributed by atoms with Gasteiger partial charge in [0.15, 0.2) is 0 Å². The topological polar surface area (TPSA) is 97.2 Å². The first-order valence-corrected chi connectivity index (χ1v) is 9.90. The molecular weight excluding hydrogens is 360 g/mol. The number of rotatable bonds is 4. The summed E-state index contributed by atoms with van der Waals surface area (Å²) in [7, 11) is 0. The zero-order valence-electron chi connectivity index (χ0n) is 16.6. The van der Waals surface area contributed by atoms with E-state index in [1.54, 1.807) is 0 Å². The van der Waals surface area contributed by atoms with Crippen molar-refractivity contribution in [3.8, 4) is 0 Å². The lowest BCUT2D eigenvalue weighted by Gasteiger charge is -2.38. The number of piperazine rings is 1. The number of hydrogen-bond donors (Lipinski definition) is 2. The van der Waals surface area contributed by atoms with E-state index < -0.39 is 0 Å². The van der Waals surface area contributed by atoms with Gasteiger partial charge in [0.25, 0.3) is 12.9 Å². The number of carboxylic acid groups (broad SMARTS) is 2. The van der Waals surface area contributed by atoms with Gasteiger partial charge in [-0.25, -0.2) is 0 Å². The lowest BCUT2D eigenvalue weighted by Crippen LogP contribution is -2.49. The summed E-state index contributed by atoms with van der Waals surface area (Å²) >= 11 is 0. The number of piperidine rings is 1. The van der Waals surface area contributed by atoms with Crippen molar-refractivity contribution in [1.29, 1.82) is 0 Å². The van der Waals surface area contributed by atoms with Gasteiger partial charge in [-0.15, -0.1) is 0 Å². The maximum atomic E-state index is 8.36. The van der Waals surface area contributed by atoms with Crippen molar-refractivity contribution in [2.24, 2.45) is 5.92 Å². The molecule has 0 amide bonds. The van der Waals surface area contributed by atoms with E-state index in [2.05, 4.69) is 32.7 Å². The van der Waals surface area contributed by atoms with E-state index in [0.29, 0.717) is 0 Å². The van der Waals surface area contributed by atoms with Crippen molar-refractivity contribution in [3.05, 3.63) is 24.0 Å². The lowest BCUT2D eigenvalue weighted by atomic mass is 10.1. The summed E-state index contributed by atoms with van der Waals surface area (Å²) in [5, 5.41) is 13.8. The minimum Gasteiger partial charge on any atom is -0.483 e. The molecule has 3 fully saturated rings. The Balaban J connectivity index is 0.000000418. The largest absolute Gasteiger partial charge is 0.483 e. The van der Waals surface area contributed by atoms with E-state index in [1.165, 1.54) is 63.2 Å². The third-order valence-electron chi connectivity index (χ3n) is 5.93. The first kappa shape index (κ1) is 22.1. The average molecular weight is 393 g/mol. The summed E-state index contributed by atoms with van der Waals surface area (Å²) in [5.74, 6) is 1.02. The zero-order chi connectivity index (χ0) is 20.4. The highest BCUT2D eigenvalue weighted by molar-refractivity contribution is 5.51. The van der Waals surface area contributed by atoms with Crippen LogP contribution in [0, 0.1) is 12.8 Å². The third kappa shape index (κ3) is 6.17. The summed E-state index contributed by atoms with van der Waals surface area (Å²) in [6.45, 7) is 10.3. The highest BCUT2D eigenvalue weighted by Crippen LogP contribution is 2.36. The monoisotopic (exact) mass is 392 g/mol. The molecule has 8 heteroatoms. The molecule has 156 valence electrons. The predicted molar refractivity (Wildman–Crippen MR) is 108 cm³/mol. The Labute approximate surface area is 166 Å². The van der Waals surface area contributed by atoms with Gasteiger partial charge < -0.3 is 15.1 Å². The Hall–Kier alpha value is -2.19. The van der Waals surface area contributed by atoms with E-state index in [4.69, 9.17) is 19.8 Å². The Kier molecular flexibility index (Phi) is 9.16. The molecule has 2 atom stereocenters. The Morgan fingerprint density at radius 1 is 1.11 bits per heavy atom. The molecular formula is C20H32N4O4. The predicted octanol–water partition coefficient (Wildman–Crippen LogP) is 1.40. The summed E-state index contributed by atoms with van der Waals surface area (Å²) in [5.41, 5.74) is 2.66. The zero-order valence-corrected chi connectivity index (χ0v) is 16.6. The molecule has 2 N–H and O–H groups in total. The van der Waals surface area contributed by atoms with E-state index in [0.717, 1.165) is 25.0 Å². The van der Waals surface area contributed by atoms with E-state index in [1.807, 2.05) is 12.4 Å². The first-order valence-electron chi connectivity index (χ1n) is 9.90. The molecule has 8 nitrogen and oxygen atoms in total. The smallest absolute Gasteiger partial charge is 0.290 e. The minimum atomic E-state index is -0.250. The van der Waals surface area contributed by atoms with Gasteiger partial charge in [0.05, 0.1) is 0 Å². The van der Waals surface area contributed by atoms with Crippen LogP contribution in [-0.4, -0.2) is 89.8 Å². The van der Waals surface area contributed by atoms with Crippen molar-refractivity contribution < 1.29 is 19.8 Å². The van der Waals surface area contributed by atoms with Gasteiger partial charge in [0.1, 0.15) is 0 Å². The number of pyridine rings is 1. The second-order valence-electron chi connectivity index (χ2n) is 7.53. The van der Waals surface area contributed by atoms with Crippen molar-refractivity contribution in [2.75, 3.05) is 50.7 Å². The van der Waals surface area contributed by atoms with Gasteiger partial charge in [-0.2, -0.15) is 0 Å². The second-order valence-corrected chi connectivity index (χ2v) is 7.53. The highest BCUT2D eigenvalue weighted by Gasteiger charge is 2.37. The maximum absolute atomic E-state index is 8.36. The summed E-state index contributed by atoms with van der Waals surface area (Å²) in [6, 6.07) is 3.08. The van der Waals surface area contributed by atoms with Crippen LogP contribution in [0.3, 0.4) is 0 Å². The number of nitrogens with zero attached hydrogens (tertiary/aromatic N) is 4. The van der Waals surface area contributed by atoms with Crippen LogP contribution in [0.5, 0.6) is 0 Å². The number of hydrogen-bond acceptors (Lipinski definition) is 6. The summed E-state index contributed by atoms with van der Waals surface area (Å²) in [6.07, 6.45) is 8.32. The number of fused-ring (bicyclic) bond motifs is 2. The van der Waals surface area contributed by atoms with Gasteiger partial charge in [0.2, 0.25) is 0 Å². The Morgan fingerprint density at radius 2 is 1.79 bits per heavy atom. The Morgan fingerprint density at radius 3 is 2.32 bits per heavy atom. The molecule has 2 aliphatic heterocycles. The molecule has 1 aromatic rings. The minimum absolute atomic E-state index is 0.250. The SMILES string of the molecule is Cc1cnccc1N1CCN(CCN2C[C@H]3CC[C@@H]2C3)CC1.O=CO.O=CO. The molecule has 0 spiro atoms. The van der Waals surface area contributed by atoms with Crippen molar-refractivity contribution in [2.45, 2.75) is 32.2 Å². The maximum Gasteiger partial charge on any atom is 0.290 e. The van der Waals surface area contributed by atoms with Crippen LogP contribution in [0.25, 0.3) is 0 Å². The molecule has 28 heavy (non-hydrogen) atoms. The van der Waals surface area contributed by atoms with Crippen molar-refractivity contribution in [3.63, 3.8) is 0 Å². The second kappa shape index (κ2) is 11.6. The lowest BCUT2D eigenvalue weighted by molar-refractivity contribution is -0.123. The number of likely N-dealkylation sites (tertiary alicyclic amines) is 1. The molecule has 2 bridgehead atoms. The molecule has 2 saturated heterocycles.